The Morgan fingerprint density at radius 3 is 2.65 bits per heavy atom. The van der Waals surface area contributed by atoms with E-state index in [0.717, 1.165) is 31.9 Å². The number of aliphatic hydroxyl groups excluding tert-OH is 1. The van der Waals surface area contributed by atoms with Gasteiger partial charge >= 0.3 is 0 Å². The average molecular weight is 277 g/mol. The lowest BCUT2D eigenvalue weighted by atomic mass is 10.1. The van der Waals surface area contributed by atoms with Crippen molar-refractivity contribution < 1.29 is 5.11 Å². The zero-order valence-electron chi connectivity index (χ0n) is 12.7. The molecule has 20 heavy (non-hydrogen) atoms. The number of anilines is 1. The molecule has 1 aliphatic rings. The normalized spacial score (nSPS) is 16.9. The molecule has 4 nitrogen and oxygen atoms in total. The Hall–Kier alpha value is -1.13. The highest BCUT2D eigenvalue weighted by molar-refractivity contribution is 5.40. The molecule has 0 spiro atoms. The summed E-state index contributed by atoms with van der Waals surface area (Å²) in [5.41, 5.74) is 1.17. The summed E-state index contributed by atoms with van der Waals surface area (Å²) in [6, 6.07) is 4.23. The van der Waals surface area contributed by atoms with Crippen LogP contribution in [0.3, 0.4) is 0 Å². The lowest BCUT2D eigenvalue weighted by molar-refractivity contribution is 0.146. The number of pyridine rings is 1. The summed E-state index contributed by atoms with van der Waals surface area (Å²) in [5, 5.41) is 13.1. The van der Waals surface area contributed by atoms with Gasteiger partial charge < -0.3 is 15.3 Å². The van der Waals surface area contributed by atoms with Crippen molar-refractivity contribution in [1.29, 1.82) is 0 Å². The van der Waals surface area contributed by atoms with E-state index < -0.39 is 0 Å². The third-order valence-corrected chi connectivity index (χ3v) is 3.69. The second kappa shape index (κ2) is 7.60. The van der Waals surface area contributed by atoms with E-state index >= 15 is 0 Å². The minimum absolute atomic E-state index is 0.258. The molecule has 0 aliphatic carbocycles. The molecule has 0 bridgehead atoms. The van der Waals surface area contributed by atoms with Crippen LogP contribution in [0.1, 0.15) is 38.7 Å². The van der Waals surface area contributed by atoms with Gasteiger partial charge in [0.15, 0.2) is 0 Å². The lowest BCUT2D eigenvalue weighted by Crippen LogP contribution is -2.27. The van der Waals surface area contributed by atoms with Crippen LogP contribution in [0.15, 0.2) is 18.3 Å². The number of nitrogens with zero attached hydrogens (tertiary/aromatic N) is 2. The SMILES string of the molecule is CC(C)CC(O)CNCc1ccc(N2CCCC2)nc1. The Morgan fingerprint density at radius 2 is 2.05 bits per heavy atom. The fourth-order valence-corrected chi connectivity index (χ4v) is 2.67. The van der Waals surface area contributed by atoms with Gasteiger partial charge in [-0.1, -0.05) is 19.9 Å². The molecule has 1 aromatic heterocycles. The number of nitrogens with one attached hydrogen (secondary N) is 1. The molecule has 1 aliphatic heterocycles. The predicted molar refractivity (Wildman–Crippen MR) is 82.9 cm³/mol. The van der Waals surface area contributed by atoms with Crippen LogP contribution in [0.4, 0.5) is 5.82 Å². The molecule has 112 valence electrons. The van der Waals surface area contributed by atoms with Crippen LogP contribution in [0, 0.1) is 5.92 Å². The minimum Gasteiger partial charge on any atom is -0.392 e. The fourth-order valence-electron chi connectivity index (χ4n) is 2.67. The Balaban J connectivity index is 1.73. The number of hydrogen-bond acceptors (Lipinski definition) is 4. The number of hydrogen-bond donors (Lipinski definition) is 2. The van der Waals surface area contributed by atoms with Crippen LogP contribution in [-0.2, 0) is 6.54 Å². The van der Waals surface area contributed by atoms with Crippen molar-refractivity contribution in [3.63, 3.8) is 0 Å². The summed E-state index contributed by atoms with van der Waals surface area (Å²) in [4.78, 5) is 6.87. The lowest BCUT2D eigenvalue weighted by Gasteiger charge is -2.17. The van der Waals surface area contributed by atoms with Crippen molar-refractivity contribution in [2.45, 2.75) is 45.8 Å². The van der Waals surface area contributed by atoms with Gasteiger partial charge in [-0.25, -0.2) is 4.98 Å². The minimum atomic E-state index is -0.258. The summed E-state index contributed by atoms with van der Waals surface area (Å²) in [5.74, 6) is 1.62. The maximum atomic E-state index is 9.80. The molecule has 1 saturated heterocycles. The Kier molecular flexibility index (Phi) is 5.80. The van der Waals surface area contributed by atoms with E-state index in [1.165, 1.54) is 18.4 Å². The number of aromatic nitrogens is 1. The largest absolute Gasteiger partial charge is 0.392 e. The Bertz CT molecular complexity index is 385. The summed E-state index contributed by atoms with van der Waals surface area (Å²) in [7, 11) is 0. The molecule has 1 aromatic rings. The highest BCUT2D eigenvalue weighted by Gasteiger charge is 2.13. The quantitative estimate of drug-likeness (QED) is 0.802. The summed E-state index contributed by atoms with van der Waals surface area (Å²) >= 11 is 0. The van der Waals surface area contributed by atoms with Crippen molar-refractivity contribution in [3.8, 4) is 0 Å². The van der Waals surface area contributed by atoms with Gasteiger partial charge in [-0.15, -0.1) is 0 Å². The van der Waals surface area contributed by atoms with E-state index in [1.54, 1.807) is 0 Å². The van der Waals surface area contributed by atoms with Crippen LogP contribution in [0.5, 0.6) is 0 Å². The third kappa shape index (κ3) is 4.76. The van der Waals surface area contributed by atoms with Crippen molar-refractivity contribution in [2.75, 3.05) is 24.5 Å². The van der Waals surface area contributed by atoms with E-state index in [1.807, 2.05) is 6.20 Å². The molecule has 2 N–H and O–H groups in total. The topological polar surface area (TPSA) is 48.4 Å². The Morgan fingerprint density at radius 1 is 1.30 bits per heavy atom. The van der Waals surface area contributed by atoms with Gasteiger partial charge in [-0.05, 0) is 36.8 Å². The van der Waals surface area contributed by atoms with Crippen LogP contribution in [0.2, 0.25) is 0 Å². The molecule has 2 heterocycles. The van der Waals surface area contributed by atoms with Crippen LogP contribution in [-0.4, -0.2) is 35.8 Å². The molecule has 2 rings (SSSR count). The molecule has 0 saturated carbocycles. The van der Waals surface area contributed by atoms with Gasteiger partial charge in [-0.2, -0.15) is 0 Å². The number of aliphatic hydroxyl groups is 1. The van der Waals surface area contributed by atoms with E-state index in [2.05, 4.69) is 41.2 Å². The predicted octanol–water partition coefficient (Wildman–Crippen LogP) is 2.18. The van der Waals surface area contributed by atoms with Gasteiger partial charge in [0.2, 0.25) is 0 Å². The van der Waals surface area contributed by atoms with Crippen LogP contribution < -0.4 is 10.2 Å². The molecule has 1 fully saturated rings. The van der Waals surface area contributed by atoms with Crippen molar-refractivity contribution in [1.82, 2.24) is 10.3 Å². The Labute approximate surface area is 122 Å². The summed E-state index contributed by atoms with van der Waals surface area (Å²) in [6.07, 6.45) is 5.08. The molecule has 1 atom stereocenters. The zero-order valence-corrected chi connectivity index (χ0v) is 12.7. The summed E-state index contributed by atoms with van der Waals surface area (Å²) in [6.45, 7) is 7.93. The maximum Gasteiger partial charge on any atom is 0.128 e. The highest BCUT2D eigenvalue weighted by Crippen LogP contribution is 2.17. The maximum absolute atomic E-state index is 9.80. The molecular weight excluding hydrogens is 250 g/mol. The third-order valence-electron chi connectivity index (χ3n) is 3.69. The molecule has 1 unspecified atom stereocenters. The second-order valence-corrected chi connectivity index (χ2v) is 6.13. The van der Waals surface area contributed by atoms with E-state index in [9.17, 15) is 5.11 Å². The molecule has 4 heteroatoms. The monoisotopic (exact) mass is 277 g/mol. The molecule has 0 aromatic carbocycles. The van der Waals surface area contributed by atoms with Gasteiger partial charge in [0.25, 0.3) is 0 Å². The van der Waals surface area contributed by atoms with Crippen LogP contribution >= 0.6 is 0 Å². The van der Waals surface area contributed by atoms with Crippen molar-refractivity contribution in [2.24, 2.45) is 5.92 Å². The average Bonchev–Trinajstić information content (AvgIpc) is 2.92. The molecule has 0 radical (unpaired) electrons. The first kappa shape index (κ1) is 15.3. The smallest absolute Gasteiger partial charge is 0.128 e. The standard InChI is InChI=1S/C16H27N3O/c1-13(2)9-15(20)12-17-10-14-5-6-16(18-11-14)19-7-3-4-8-19/h5-6,11,13,15,17,20H,3-4,7-10,12H2,1-2H3. The van der Waals surface area contributed by atoms with Gasteiger partial charge in [0, 0.05) is 32.4 Å². The molecule has 0 amide bonds. The second-order valence-electron chi connectivity index (χ2n) is 6.13. The summed E-state index contributed by atoms with van der Waals surface area (Å²) < 4.78 is 0. The van der Waals surface area contributed by atoms with E-state index in [0.29, 0.717) is 12.5 Å². The van der Waals surface area contributed by atoms with Crippen molar-refractivity contribution in [3.05, 3.63) is 23.9 Å². The van der Waals surface area contributed by atoms with Gasteiger partial charge in [0.05, 0.1) is 6.10 Å². The first-order valence-electron chi connectivity index (χ1n) is 7.74. The van der Waals surface area contributed by atoms with Crippen molar-refractivity contribution >= 4 is 5.82 Å². The number of rotatable bonds is 7. The first-order valence-corrected chi connectivity index (χ1v) is 7.74. The highest BCUT2D eigenvalue weighted by atomic mass is 16.3. The van der Waals surface area contributed by atoms with Gasteiger partial charge in [0.1, 0.15) is 5.82 Å². The van der Waals surface area contributed by atoms with E-state index in [-0.39, 0.29) is 6.10 Å². The first-order chi connectivity index (χ1) is 9.65. The van der Waals surface area contributed by atoms with Crippen LogP contribution in [0.25, 0.3) is 0 Å². The van der Waals surface area contributed by atoms with E-state index in [4.69, 9.17) is 0 Å². The fraction of sp³-hybridized carbons (Fsp3) is 0.688. The molecular formula is C16H27N3O. The zero-order chi connectivity index (χ0) is 14.4. The van der Waals surface area contributed by atoms with Gasteiger partial charge in [-0.3, -0.25) is 0 Å².